The molecule has 0 aliphatic rings. The molecule has 2 aromatic carbocycles. The van der Waals surface area contributed by atoms with Crippen molar-refractivity contribution in [3.8, 4) is 5.13 Å². The van der Waals surface area contributed by atoms with Crippen molar-refractivity contribution in [3.63, 3.8) is 0 Å². The summed E-state index contributed by atoms with van der Waals surface area (Å²) in [5.74, 6) is 0.281. The predicted octanol–water partition coefficient (Wildman–Crippen LogP) is 5.49. The largest absolute Gasteiger partial charge is 0.306 e. The number of aromatic nitrogens is 5. The molecule has 8 heteroatoms. The van der Waals surface area contributed by atoms with Crippen LogP contribution in [-0.4, -0.2) is 23.9 Å². The van der Waals surface area contributed by atoms with Gasteiger partial charge in [-0.2, -0.15) is 4.68 Å². The minimum absolute atomic E-state index is 0.171. The molecule has 0 spiro atoms. The molecular formula is C30H27N5O2S. The normalized spacial score (nSPS) is 11.7. The highest BCUT2D eigenvalue weighted by Gasteiger charge is 2.22. The average Bonchev–Trinajstić information content (AvgIpc) is 3.45. The number of hydrogen-bond donors (Lipinski definition) is 0. The van der Waals surface area contributed by atoms with Crippen LogP contribution in [0.3, 0.4) is 0 Å². The number of thiazole rings is 1. The first-order valence-corrected chi connectivity index (χ1v) is 13.4. The van der Waals surface area contributed by atoms with Crippen LogP contribution in [0.2, 0.25) is 0 Å². The highest BCUT2D eigenvalue weighted by molar-refractivity contribution is 7.20. The van der Waals surface area contributed by atoms with Crippen molar-refractivity contribution in [2.24, 2.45) is 0 Å². The fraction of sp³-hybridized carbons (Fsp3) is 0.200. The van der Waals surface area contributed by atoms with E-state index in [1.54, 1.807) is 15.3 Å². The van der Waals surface area contributed by atoms with Crippen LogP contribution in [0.4, 0.5) is 0 Å². The van der Waals surface area contributed by atoms with Gasteiger partial charge in [0.15, 0.2) is 0 Å². The summed E-state index contributed by atoms with van der Waals surface area (Å²) in [6.45, 7) is 6.75. The number of aryl methyl sites for hydroxylation is 1. The van der Waals surface area contributed by atoms with Gasteiger partial charge < -0.3 is 4.57 Å². The molecule has 0 fully saturated rings. The van der Waals surface area contributed by atoms with Crippen LogP contribution in [0.15, 0.2) is 88.5 Å². The van der Waals surface area contributed by atoms with Gasteiger partial charge in [-0.15, -0.1) is 0 Å². The van der Waals surface area contributed by atoms with Crippen molar-refractivity contribution in [1.82, 2.24) is 23.9 Å². The molecule has 0 saturated carbocycles. The minimum atomic E-state index is -0.190. The lowest BCUT2D eigenvalue weighted by molar-refractivity contribution is 0.610. The van der Waals surface area contributed by atoms with Gasteiger partial charge in [-0.3, -0.25) is 19.3 Å². The van der Waals surface area contributed by atoms with Crippen molar-refractivity contribution in [2.45, 2.75) is 39.8 Å². The smallest absolute Gasteiger partial charge is 0.283 e. The van der Waals surface area contributed by atoms with E-state index < -0.39 is 0 Å². The number of nitrogens with zero attached hydrogens (tertiary/aromatic N) is 5. The summed E-state index contributed by atoms with van der Waals surface area (Å²) >= 11 is 1.46. The predicted molar refractivity (Wildman–Crippen MR) is 153 cm³/mol. The summed E-state index contributed by atoms with van der Waals surface area (Å²) in [6.07, 6.45) is 0. The van der Waals surface area contributed by atoms with Crippen molar-refractivity contribution >= 4 is 32.5 Å². The van der Waals surface area contributed by atoms with Crippen LogP contribution < -0.4 is 11.1 Å². The van der Waals surface area contributed by atoms with Gasteiger partial charge in [0.05, 0.1) is 39.9 Å². The van der Waals surface area contributed by atoms with Gasteiger partial charge in [-0.1, -0.05) is 73.7 Å². The Balaban J connectivity index is 1.57. The molecule has 4 aromatic heterocycles. The fourth-order valence-corrected chi connectivity index (χ4v) is 5.84. The van der Waals surface area contributed by atoms with E-state index in [0.717, 1.165) is 27.2 Å². The van der Waals surface area contributed by atoms with Gasteiger partial charge in [-0.25, -0.2) is 4.98 Å². The van der Waals surface area contributed by atoms with E-state index in [4.69, 9.17) is 9.97 Å². The van der Waals surface area contributed by atoms with E-state index in [2.05, 4.69) is 13.8 Å². The molecule has 0 N–H and O–H groups in total. The Morgan fingerprint density at radius 3 is 2.39 bits per heavy atom. The first-order valence-electron chi connectivity index (χ1n) is 12.6. The van der Waals surface area contributed by atoms with Crippen molar-refractivity contribution in [1.29, 1.82) is 0 Å². The number of hydrogen-bond acceptors (Lipinski definition) is 5. The van der Waals surface area contributed by atoms with Crippen molar-refractivity contribution in [2.75, 3.05) is 0 Å². The Morgan fingerprint density at radius 2 is 1.63 bits per heavy atom. The lowest BCUT2D eigenvalue weighted by atomic mass is 10.1. The SMILES string of the molecule is Cc1c2c(=O)n(-c3nc4ccccc4s3)n(Cc3ccccc3)c2cc(=O)n1Cc1cccc(C(C)C)n1. The monoisotopic (exact) mass is 521 g/mol. The number of pyridine rings is 2. The number of rotatable bonds is 6. The third-order valence-electron chi connectivity index (χ3n) is 6.85. The van der Waals surface area contributed by atoms with Crippen LogP contribution in [0.5, 0.6) is 0 Å². The van der Waals surface area contributed by atoms with E-state index in [1.807, 2.05) is 84.4 Å². The van der Waals surface area contributed by atoms with Crippen LogP contribution >= 0.6 is 11.3 Å². The van der Waals surface area contributed by atoms with Gasteiger partial charge in [-0.05, 0) is 42.7 Å². The zero-order valence-corrected chi connectivity index (χ0v) is 22.3. The third kappa shape index (κ3) is 4.16. The quantitative estimate of drug-likeness (QED) is 0.291. The third-order valence-corrected chi connectivity index (χ3v) is 7.87. The molecule has 7 nitrogen and oxygen atoms in total. The Labute approximate surface area is 223 Å². The van der Waals surface area contributed by atoms with Crippen LogP contribution in [0.25, 0.3) is 26.3 Å². The average molecular weight is 522 g/mol. The summed E-state index contributed by atoms with van der Waals surface area (Å²) in [7, 11) is 0. The van der Waals surface area contributed by atoms with Crippen LogP contribution in [0.1, 0.15) is 42.4 Å². The summed E-state index contributed by atoms with van der Waals surface area (Å²) in [5, 5.41) is 1.09. The van der Waals surface area contributed by atoms with E-state index in [9.17, 15) is 9.59 Å². The zero-order chi connectivity index (χ0) is 26.4. The second-order valence-electron chi connectivity index (χ2n) is 9.75. The Bertz CT molecular complexity index is 1880. The molecule has 0 unspecified atom stereocenters. The van der Waals surface area contributed by atoms with Crippen LogP contribution in [-0.2, 0) is 13.1 Å². The van der Waals surface area contributed by atoms with E-state index in [-0.39, 0.29) is 17.0 Å². The summed E-state index contributed by atoms with van der Waals surface area (Å²) in [4.78, 5) is 37.1. The maximum Gasteiger partial charge on any atom is 0.283 e. The van der Waals surface area contributed by atoms with Crippen LogP contribution in [0, 0.1) is 6.92 Å². The molecule has 190 valence electrons. The molecule has 0 atom stereocenters. The molecule has 38 heavy (non-hydrogen) atoms. The van der Waals surface area contributed by atoms with Crippen molar-refractivity contribution in [3.05, 3.63) is 122 Å². The van der Waals surface area contributed by atoms with Crippen molar-refractivity contribution < 1.29 is 0 Å². The number of benzene rings is 2. The van der Waals surface area contributed by atoms with E-state index in [1.165, 1.54) is 11.3 Å². The summed E-state index contributed by atoms with van der Waals surface area (Å²) < 4.78 is 6.14. The van der Waals surface area contributed by atoms with Gasteiger partial charge in [0.2, 0.25) is 5.13 Å². The van der Waals surface area contributed by atoms with E-state index >= 15 is 0 Å². The maximum atomic E-state index is 14.1. The summed E-state index contributed by atoms with van der Waals surface area (Å²) in [6, 6.07) is 25.2. The lowest BCUT2D eigenvalue weighted by Gasteiger charge is -2.13. The Kier molecular flexibility index (Phi) is 6.04. The molecule has 0 aliphatic carbocycles. The molecule has 6 aromatic rings. The number of para-hydroxylation sites is 1. The molecule has 0 saturated heterocycles. The Hall–Kier alpha value is -4.30. The highest BCUT2D eigenvalue weighted by atomic mass is 32.1. The summed E-state index contributed by atoms with van der Waals surface area (Å²) in [5.41, 5.74) is 4.48. The molecule has 6 rings (SSSR count). The van der Waals surface area contributed by atoms with Gasteiger partial charge in [0, 0.05) is 17.5 Å². The first kappa shape index (κ1) is 24.1. The molecule has 0 amide bonds. The van der Waals surface area contributed by atoms with Gasteiger partial charge in [0.1, 0.15) is 0 Å². The second-order valence-corrected chi connectivity index (χ2v) is 10.8. The first-order chi connectivity index (χ1) is 18.4. The number of fused-ring (bicyclic) bond motifs is 2. The maximum absolute atomic E-state index is 14.1. The molecule has 0 bridgehead atoms. The molecule has 0 aliphatic heterocycles. The molecule has 4 heterocycles. The minimum Gasteiger partial charge on any atom is -0.306 e. The fourth-order valence-electron chi connectivity index (χ4n) is 4.86. The highest BCUT2D eigenvalue weighted by Crippen LogP contribution is 2.26. The van der Waals surface area contributed by atoms with Gasteiger partial charge in [0.25, 0.3) is 11.1 Å². The van der Waals surface area contributed by atoms with Gasteiger partial charge >= 0.3 is 0 Å². The Morgan fingerprint density at radius 1 is 0.868 bits per heavy atom. The standard InChI is InChI=1S/C30H27N5O2S/c1-19(2)23-14-9-12-22(31-23)18-33-20(3)28-25(16-27(33)36)34(17-21-10-5-4-6-11-21)35(29(28)37)30-32-24-13-7-8-15-26(24)38-30/h4-16,19H,17-18H2,1-3H3. The second kappa shape index (κ2) is 9.54. The topological polar surface area (TPSA) is 74.7 Å². The van der Waals surface area contributed by atoms with E-state index in [0.29, 0.717) is 34.8 Å². The zero-order valence-electron chi connectivity index (χ0n) is 21.5. The molecule has 0 radical (unpaired) electrons. The molecular weight excluding hydrogens is 494 g/mol. The lowest BCUT2D eigenvalue weighted by Crippen LogP contribution is -2.24.